The number of halogens is 2. The maximum absolute atomic E-state index is 11.9. The Labute approximate surface area is 125 Å². The highest BCUT2D eigenvalue weighted by molar-refractivity contribution is 9.10. The number of carbonyl (C=O) groups excluding carboxylic acids is 1. The molecule has 0 aromatic heterocycles. The van der Waals surface area contributed by atoms with Crippen molar-refractivity contribution in [3.05, 3.63) is 63.1 Å². The summed E-state index contributed by atoms with van der Waals surface area (Å²) in [6, 6.07) is 13.2. The molecule has 0 heterocycles. The molecule has 0 spiro atoms. The Morgan fingerprint density at radius 2 is 2.05 bits per heavy atom. The highest BCUT2D eigenvalue weighted by Gasteiger charge is 2.05. The highest BCUT2D eigenvalue weighted by atomic mass is 79.9. The summed E-state index contributed by atoms with van der Waals surface area (Å²) in [5, 5.41) is 3.47. The first kappa shape index (κ1) is 14.1. The monoisotopic (exact) mass is 337 g/mol. The van der Waals surface area contributed by atoms with E-state index in [4.69, 9.17) is 11.6 Å². The first-order chi connectivity index (χ1) is 9.04. The normalized spacial score (nSPS) is 10.3. The zero-order valence-electron chi connectivity index (χ0n) is 10.4. The number of anilines is 1. The van der Waals surface area contributed by atoms with E-state index in [1.165, 1.54) is 0 Å². The van der Waals surface area contributed by atoms with Crippen LogP contribution in [0.1, 0.15) is 11.1 Å². The Kier molecular flexibility index (Phi) is 4.61. The van der Waals surface area contributed by atoms with Crippen molar-refractivity contribution >= 4 is 39.1 Å². The van der Waals surface area contributed by atoms with Crippen molar-refractivity contribution in [1.82, 2.24) is 0 Å². The van der Waals surface area contributed by atoms with E-state index >= 15 is 0 Å². The fourth-order valence-electron chi connectivity index (χ4n) is 1.79. The Bertz CT molecular complexity index is 613. The Balaban J connectivity index is 2.03. The number of aryl methyl sites for hydroxylation is 1. The summed E-state index contributed by atoms with van der Waals surface area (Å²) in [5.41, 5.74) is 2.89. The molecule has 0 atom stereocenters. The zero-order chi connectivity index (χ0) is 13.8. The molecular weight excluding hydrogens is 326 g/mol. The fraction of sp³-hybridized carbons (Fsp3) is 0.133. The van der Waals surface area contributed by atoms with Crippen LogP contribution in [0, 0.1) is 6.92 Å². The molecule has 0 radical (unpaired) electrons. The van der Waals surface area contributed by atoms with E-state index in [-0.39, 0.29) is 5.91 Å². The van der Waals surface area contributed by atoms with Crippen LogP contribution in [0.4, 0.5) is 5.69 Å². The van der Waals surface area contributed by atoms with Crippen molar-refractivity contribution in [2.45, 2.75) is 13.3 Å². The molecule has 98 valence electrons. The number of hydrogen-bond acceptors (Lipinski definition) is 1. The number of benzene rings is 2. The second-order valence-corrected chi connectivity index (χ2v) is 5.60. The van der Waals surface area contributed by atoms with Gasteiger partial charge in [-0.25, -0.2) is 0 Å². The smallest absolute Gasteiger partial charge is 0.228 e. The lowest BCUT2D eigenvalue weighted by Crippen LogP contribution is -2.14. The predicted molar refractivity (Wildman–Crippen MR) is 82.7 cm³/mol. The van der Waals surface area contributed by atoms with Crippen molar-refractivity contribution in [2.24, 2.45) is 0 Å². The van der Waals surface area contributed by atoms with Crippen LogP contribution in [-0.2, 0) is 11.2 Å². The van der Waals surface area contributed by atoms with Gasteiger partial charge in [0, 0.05) is 10.2 Å². The minimum atomic E-state index is -0.0418. The predicted octanol–water partition coefficient (Wildman–Crippen LogP) is 4.59. The molecule has 1 N–H and O–H groups in total. The van der Waals surface area contributed by atoms with Gasteiger partial charge in [-0.3, -0.25) is 4.79 Å². The molecule has 0 saturated carbocycles. The van der Waals surface area contributed by atoms with E-state index in [2.05, 4.69) is 21.2 Å². The van der Waals surface area contributed by atoms with Crippen LogP contribution >= 0.6 is 27.5 Å². The van der Waals surface area contributed by atoms with Crippen LogP contribution in [0.15, 0.2) is 46.9 Å². The van der Waals surface area contributed by atoms with Crippen molar-refractivity contribution in [3.63, 3.8) is 0 Å². The van der Waals surface area contributed by atoms with E-state index in [1.807, 2.05) is 31.2 Å². The molecule has 0 saturated heterocycles. The molecule has 0 unspecified atom stereocenters. The van der Waals surface area contributed by atoms with E-state index in [0.717, 1.165) is 21.3 Å². The summed E-state index contributed by atoms with van der Waals surface area (Å²) in [6.45, 7) is 2.01. The molecule has 19 heavy (non-hydrogen) atoms. The van der Waals surface area contributed by atoms with Crippen LogP contribution in [-0.4, -0.2) is 5.91 Å². The third-order valence-corrected chi connectivity index (χ3v) is 3.86. The molecule has 1 amide bonds. The van der Waals surface area contributed by atoms with Crippen LogP contribution in [0.5, 0.6) is 0 Å². The van der Waals surface area contributed by atoms with Crippen LogP contribution in [0.2, 0.25) is 5.02 Å². The maximum Gasteiger partial charge on any atom is 0.228 e. The molecule has 2 nitrogen and oxygen atoms in total. The van der Waals surface area contributed by atoms with E-state index < -0.39 is 0 Å². The minimum absolute atomic E-state index is 0.0418. The SMILES string of the molecule is Cc1cccc(CC(=O)Nc2ccc(Cl)c(Br)c2)c1. The van der Waals surface area contributed by atoms with Gasteiger partial charge in [0.25, 0.3) is 0 Å². The topological polar surface area (TPSA) is 29.1 Å². The number of carbonyl (C=O) groups is 1. The average Bonchev–Trinajstić information content (AvgIpc) is 2.34. The molecule has 2 aromatic carbocycles. The van der Waals surface area contributed by atoms with Gasteiger partial charge in [-0.05, 0) is 46.6 Å². The molecule has 2 rings (SSSR count). The number of rotatable bonds is 3. The van der Waals surface area contributed by atoms with Gasteiger partial charge in [0.2, 0.25) is 5.91 Å². The number of amides is 1. The zero-order valence-corrected chi connectivity index (χ0v) is 12.8. The molecule has 0 fully saturated rings. The van der Waals surface area contributed by atoms with Crippen molar-refractivity contribution in [3.8, 4) is 0 Å². The lowest BCUT2D eigenvalue weighted by molar-refractivity contribution is -0.115. The second kappa shape index (κ2) is 6.22. The van der Waals surface area contributed by atoms with E-state index in [1.54, 1.807) is 18.2 Å². The molecule has 0 aliphatic heterocycles. The van der Waals surface area contributed by atoms with Gasteiger partial charge in [-0.1, -0.05) is 41.4 Å². The largest absolute Gasteiger partial charge is 0.326 e. The lowest BCUT2D eigenvalue weighted by atomic mass is 10.1. The second-order valence-electron chi connectivity index (χ2n) is 4.34. The quantitative estimate of drug-likeness (QED) is 0.871. The van der Waals surface area contributed by atoms with Gasteiger partial charge in [0.15, 0.2) is 0 Å². The Morgan fingerprint density at radius 1 is 1.26 bits per heavy atom. The van der Waals surface area contributed by atoms with Gasteiger partial charge in [-0.15, -0.1) is 0 Å². The number of nitrogens with one attached hydrogen (secondary N) is 1. The van der Waals surface area contributed by atoms with Crippen LogP contribution in [0.3, 0.4) is 0 Å². The van der Waals surface area contributed by atoms with Gasteiger partial charge < -0.3 is 5.32 Å². The molecule has 0 bridgehead atoms. The maximum atomic E-state index is 11.9. The number of hydrogen-bond donors (Lipinski definition) is 1. The summed E-state index contributed by atoms with van der Waals surface area (Å²) in [4.78, 5) is 11.9. The Hall–Kier alpha value is -1.32. The average molecular weight is 339 g/mol. The van der Waals surface area contributed by atoms with Crippen LogP contribution < -0.4 is 5.32 Å². The van der Waals surface area contributed by atoms with Gasteiger partial charge in [-0.2, -0.15) is 0 Å². The van der Waals surface area contributed by atoms with Crippen molar-refractivity contribution in [2.75, 3.05) is 5.32 Å². The third-order valence-electron chi connectivity index (χ3n) is 2.65. The first-order valence-corrected chi connectivity index (χ1v) is 7.02. The lowest BCUT2D eigenvalue weighted by Gasteiger charge is -2.07. The Morgan fingerprint density at radius 3 is 2.74 bits per heavy atom. The molecular formula is C15H13BrClNO. The van der Waals surface area contributed by atoms with E-state index in [0.29, 0.717) is 11.4 Å². The van der Waals surface area contributed by atoms with Crippen LogP contribution in [0.25, 0.3) is 0 Å². The fourth-order valence-corrected chi connectivity index (χ4v) is 2.28. The highest BCUT2D eigenvalue weighted by Crippen LogP contribution is 2.25. The van der Waals surface area contributed by atoms with Gasteiger partial charge >= 0.3 is 0 Å². The van der Waals surface area contributed by atoms with E-state index in [9.17, 15) is 4.79 Å². The van der Waals surface area contributed by atoms with Crippen molar-refractivity contribution < 1.29 is 4.79 Å². The third kappa shape index (κ3) is 4.08. The standard InChI is InChI=1S/C15H13BrClNO/c1-10-3-2-4-11(7-10)8-15(19)18-12-5-6-14(17)13(16)9-12/h2-7,9H,8H2,1H3,(H,18,19). The molecule has 2 aromatic rings. The summed E-state index contributed by atoms with van der Waals surface area (Å²) in [7, 11) is 0. The summed E-state index contributed by atoms with van der Waals surface area (Å²) in [6.07, 6.45) is 0.363. The minimum Gasteiger partial charge on any atom is -0.326 e. The summed E-state index contributed by atoms with van der Waals surface area (Å²) < 4.78 is 0.766. The summed E-state index contributed by atoms with van der Waals surface area (Å²) in [5.74, 6) is -0.0418. The molecule has 0 aliphatic rings. The van der Waals surface area contributed by atoms with Crippen molar-refractivity contribution in [1.29, 1.82) is 0 Å². The molecule has 0 aliphatic carbocycles. The molecule has 4 heteroatoms. The van der Waals surface area contributed by atoms with Gasteiger partial charge in [0.1, 0.15) is 0 Å². The first-order valence-electron chi connectivity index (χ1n) is 5.85. The summed E-state index contributed by atoms with van der Waals surface area (Å²) >= 11 is 9.23. The van der Waals surface area contributed by atoms with Gasteiger partial charge in [0.05, 0.1) is 11.4 Å².